The summed E-state index contributed by atoms with van der Waals surface area (Å²) in [5.74, 6) is 0.527. The molecule has 86 valence electrons. The van der Waals surface area contributed by atoms with E-state index in [2.05, 4.69) is 38.0 Å². The molecule has 0 saturated carbocycles. The lowest BCUT2D eigenvalue weighted by atomic mass is 10.1. The fraction of sp³-hybridized carbons (Fsp3) is 0.545. The van der Waals surface area contributed by atoms with Crippen LogP contribution in [0.25, 0.3) is 0 Å². The van der Waals surface area contributed by atoms with E-state index in [-0.39, 0.29) is 5.83 Å². The van der Waals surface area contributed by atoms with Crippen LogP contribution < -0.4 is 0 Å². The first-order valence-corrected chi connectivity index (χ1v) is 5.69. The largest absolute Gasteiger partial charge is 0.227 e. The highest BCUT2D eigenvalue weighted by Gasteiger charge is 2.11. The maximum absolute atomic E-state index is 12.9. The lowest BCUT2D eigenvalue weighted by Gasteiger charge is -2.07. The summed E-state index contributed by atoms with van der Waals surface area (Å²) in [5.41, 5.74) is 0.355. The first-order chi connectivity index (χ1) is 6.99. The minimum absolute atomic E-state index is 0.306. The molecule has 1 aliphatic rings. The second-order valence-corrected chi connectivity index (χ2v) is 4.57. The van der Waals surface area contributed by atoms with E-state index in [0.717, 1.165) is 5.92 Å². The van der Waals surface area contributed by atoms with E-state index in [1.807, 2.05) is 0 Å². The van der Waals surface area contributed by atoms with Gasteiger partial charge in [0.1, 0.15) is 5.83 Å². The Balaban J connectivity index is 0.000000423. The number of allylic oxidation sites excluding steroid dienone is 4. The molecule has 0 fully saturated rings. The number of rotatable bonds is 1. The molecule has 0 aromatic rings. The monoisotopic (exact) mass is 249 g/mol. The Morgan fingerprint density at radius 1 is 1.53 bits per heavy atom. The Hall–Kier alpha value is -0.280. The summed E-state index contributed by atoms with van der Waals surface area (Å²) in [6.45, 7) is 6.50. The Kier molecular flexibility index (Phi) is 7.79. The van der Waals surface area contributed by atoms with Gasteiger partial charge in [0, 0.05) is 16.8 Å². The lowest BCUT2D eigenvalue weighted by Crippen LogP contribution is -1.95. The first kappa shape index (κ1) is 14.7. The Morgan fingerprint density at radius 2 is 2.07 bits per heavy atom. The van der Waals surface area contributed by atoms with Crippen LogP contribution in [0.2, 0.25) is 0 Å². The SMILES string of the molecule is CC(C)C.FC1=CCCC(Cl)=C1/C=N/S. The third kappa shape index (κ3) is 6.74. The van der Waals surface area contributed by atoms with E-state index in [0.29, 0.717) is 23.4 Å². The van der Waals surface area contributed by atoms with Crippen LogP contribution >= 0.6 is 24.4 Å². The molecule has 0 radical (unpaired) electrons. The van der Waals surface area contributed by atoms with Gasteiger partial charge in [-0.3, -0.25) is 0 Å². The molecule has 0 heterocycles. The highest BCUT2D eigenvalue weighted by molar-refractivity contribution is 7.79. The molecule has 0 bridgehead atoms. The second-order valence-electron chi connectivity index (χ2n) is 3.89. The van der Waals surface area contributed by atoms with Gasteiger partial charge in [-0.1, -0.05) is 32.4 Å². The molecule has 1 rings (SSSR count). The third-order valence-electron chi connectivity index (χ3n) is 1.42. The molecule has 0 aliphatic heterocycles. The van der Waals surface area contributed by atoms with E-state index in [4.69, 9.17) is 11.6 Å². The fourth-order valence-electron chi connectivity index (χ4n) is 0.889. The topological polar surface area (TPSA) is 12.4 Å². The molecule has 0 saturated heterocycles. The average Bonchev–Trinajstić information content (AvgIpc) is 2.11. The molecule has 0 aromatic carbocycles. The van der Waals surface area contributed by atoms with Crippen molar-refractivity contribution in [2.75, 3.05) is 0 Å². The molecule has 1 aliphatic carbocycles. The maximum atomic E-state index is 12.9. The van der Waals surface area contributed by atoms with Crippen molar-refractivity contribution in [2.45, 2.75) is 33.6 Å². The highest BCUT2D eigenvalue weighted by Crippen LogP contribution is 2.27. The Labute approximate surface area is 102 Å². The van der Waals surface area contributed by atoms with Gasteiger partial charge in [0.25, 0.3) is 0 Å². The van der Waals surface area contributed by atoms with Crippen LogP contribution in [0.4, 0.5) is 4.39 Å². The summed E-state index contributed by atoms with van der Waals surface area (Å²) in [5, 5.41) is 0.516. The summed E-state index contributed by atoms with van der Waals surface area (Å²) in [4.78, 5) is 0. The van der Waals surface area contributed by atoms with Gasteiger partial charge in [0.15, 0.2) is 0 Å². The summed E-state index contributed by atoms with van der Waals surface area (Å²) >= 11 is 9.32. The van der Waals surface area contributed by atoms with Gasteiger partial charge in [0.2, 0.25) is 0 Å². The van der Waals surface area contributed by atoms with Crippen LogP contribution in [0.5, 0.6) is 0 Å². The molecule has 0 spiro atoms. The Morgan fingerprint density at radius 3 is 2.47 bits per heavy atom. The van der Waals surface area contributed by atoms with Crippen LogP contribution in [-0.2, 0) is 0 Å². The first-order valence-electron chi connectivity index (χ1n) is 4.91. The van der Waals surface area contributed by atoms with E-state index >= 15 is 0 Å². The van der Waals surface area contributed by atoms with Gasteiger partial charge in [-0.2, -0.15) is 0 Å². The van der Waals surface area contributed by atoms with Gasteiger partial charge >= 0.3 is 0 Å². The number of hydrogen-bond donors (Lipinski definition) is 1. The molecule has 0 amide bonds. The highest BCUT2D eigenvalue weighted by atomic mass is 35.5. The molecule has 0 aromatic heterocycles. The lowest BCUT2D eigenvalue weighted by molar-refractivity contribution is 0.644. The van der Waals surface area contributed by atoms with Crippen LogP contribution in [0.15, 0.2) is 26.9 Å². The summed E-state index contributed by atoms with van der Waals surface area (Å²) in [6, 6.07) is 0. The predicted molar refractivity (Wildman–Crippen MR) is 69.3 cm³/mol. The second kappa shape index (κ2) is 7.94. The number of halogens is 2. The molecule has 15 heavy (non-hydrogen) atoms. The number of thiol groups is 1. The summed E-state index contributed by atoms with van der Waals surface area (Å²) < 4.78 is 16.3. The van der Waals surface area contributed by atoms with E-state index in [9.17, 15) is 4.39 Å². The third-order valence-corrected chi connectivity index (χ3v) is 1.93. The zero-order chi connectivity index (χ0) is 11.8. The number of hydrogen-bond acceptors (Lipinski definition) is 2. The minimum Gasteiger partial charge on any atom is -0.227 e. The zero-order valence-electron chi connectivity index (χ0n) is 9.30. The van der Waals surface area contributed by atoms with Crippen molar-refractivity contribution < 1.29 is 4.39 Å². The summed E-state index contributed by atoms with van der Waals surface area (Å²) in [7, 11) is 0. The minimum atomic E-state index is -0.306. The van der Waals surface area contributed by atoms with Crippen molar-refractivity contribution in [1.29, 1.82) is 0 Å². The molecule has 1 nitrogen and oxygen atoms in total. The van der Waals surface area contributed by atoms with Crippen LogP contribution in [0.3, 0.4) is 0 Å². The van der Waals surface area contributed by atoms with Crippen molar-refractivity contribution in [1.82, 2.24) is 0 Å². The molecule has 4 heteroatoms. The van der Waals surface area contributed by atoms with Crippen molar-refractivity contribution in [3.8, 4) is 0 Å². The molecule has 0 N–H and O–H groups in total. The normalized spacial score (nSPS) is 16.6. The maximum Gasteiger partial charge on any atom is 0.129 e. The quantitative estimate of drug-likeness (QED) is 0.511. The van der Waals surface area contributed by atoms with Gasteiger partial charge in [-0.05, 0) is 37.7 Å². The van der Waals surface area contributed by atoms with Crippen molar-refractivity contribution in [2.24, 2.45) is 10.3 Å². The van der Waals surface area contributed by atoms with Gasteiger partial charge in [-0.15, -0.1) is 0 Å². The van der Waals surface area contributed by atoms with Crippen molar-refractivity contribution in [3.05, 3.63) is 22.5 Å². The van der Waals surface area contributed by atoms with E-state index in [1.54, 1.807) is 0 Å². The summed E-state index contributed by atoms with van der Waals surface area (Å²) in [6.07, 6.45) is 4.16. The number of nitrogens with zero attached hydrogens (tertiary/aromatic N) is 1. The molecular formula is C11H17ClFNS. The van der Waals surface area contributed by atoms with Crippen LogP contribution in [-0.4, -0.2) is 6.21 Å². The fourth-order valence-corrected chi connectivity index (χ4v) is 1.25. The van der Waals surface area contributed by atoms with Gasteiger partial charge in [0.05, 0.1) is 0 Å². The van der Waals surface area contributed by atoms with Crippen LogP contribution in [0, 0.1) is 5.92 Å². The molecule has 0 atom stereocenters. The van der Waals surface area contributed by atoms with E-state index < -0.39 is 0 Å². The van der Waals surface area contributed by atoms with Gasteiger partial charge in [-0.25, -0.2) is 8.79 Å². The average molecular weight is 250 g/mol. The zero-order valence-corrected chi connectivity index (χ0v) is 10.9. The standard InChI is InChI=1S/C7H7ClFNS.C4H10/c8-6-2-1-3-7(9)5(6)4-10-11;1-4(2)3/h3-4,11H,1-2H2;4H,1-3H3/b10-4+;. The van der Waals surface area contributed by atoms with Crippen molar-refractivity contribution in [3.63, 3.8) is 0 Å². The predicted octanol–water partition coefficient (Wildman–Crippen LogP) is 4.70. The van der Waals surface area contributed by atoms with Crippen LogP contribution in [0.1, 0.15) is 33.6 Å². The smallest absolute Gasteiger partial charge is 0.129 e. The molecule has 0 unspecified atom stereocenters. The Bertz CT molecular complexity index is 280. The van der Waals surface area contributed by atoms with Crippen molar-refractivity contribution >= 4 is 30.6 Å². The van der Waals surface area contributed by atoms with E-state index in [1.165, 1.54) is 12.3 Å². The molecular weight excluding hydrogens is 233 g/mol. The van der Waals surface area contributed by atoms with Gasteiger partial charge < -0.3 is 0 Å².